The Morgan fingerprint density at radius 1 is 1.14 bits per heavy atom. The summed E-state index contributed by atoms with van der Waals surface area (Å²) in [5.74, 6) is 0.207. The van der Waals surface area contributed by atoms with Crippen molar-refractivity contribution >= 4 is 27.7 Å². The molecular formula is C23H29BrN2O3. The first-order chi connectivity index (χ1) is 13.8. The number of benzene rings is 2. The molecular weight excluding hydrogens is 432 g/mol. The van der Waals surface area contributed by atoms with Gasteiger partial charge in [0.2, 0.25) is 5.91 Å². The molecule has 2 rings (SSSR count). The molecule has 0 saturated heterocycles. The molecule has 0 aliphatic heterocycles. The Hall–Kier alpha value is -2.34. The van der Waals surface area contributed by atoms with Crippen molar-refractivity contribution in [3.63, 3.8) is 0 Å². The molecule has 1 N–H and O–H groups in total. The van der Waals surface area contributed by atoms with Crippen molar-refractivity contribution in [2.24, 2.45) is 0 Å². The van der Waals surface area contributed by atoms with Crippen LogP contribution in [-0.4, -0.2) is 35.4 Å². The topological polar surface area (TPSA) is 58.6 Å². The quantitative estimate of drug-likeness (QED) is 0.600. The molecule has 2 aromatic rings. The van der Waals surface area contributed by atoms with Gasteiger partial charge in [0.25, 0.3) is 5.91 Å². The van der Waals surface area contributed by atoms with Gasteiger partial charge in [0.15, 0.2) is 6.61 Å². The zero-order chi connectivity index (χ0) is 21.4. The van der Waals surface area contributed by atoms with Crippen molar-refractivity contribution in [3.05, 3.63) is 64.1 Å². The lowest BCUT2D eigenvalue weighted by Crippen LogP contribution is -2.50. The standard InChI is InChI=1S/C23H29BrN2O3/c1-5-17(3)25-23(28)18(4)26(14-19-8-6-7-16(2)13-19)22(27)15-29-21-11-9-20(24)10-12-21/h6-13,17-18H,5,14-15H2,1-4H3,(H,25,28)/t17-,18+/m1/s1. The third-order valence-electron chi connectivity index (χ3n) is 4.78. The largest absolute Gasteiger partial charge is 0.484 e. The Morgan fingerprint density at radius 2 is 1.83 bits per heavy atom. The molecule has 2 aromatic carbocycles. The molecule has 0 heterocycles. The van der Waals surface area contributed by atoms with Gasteiger partial charge < -0.3 is 15.0 Å². The number of aryl methyl sites for hydroxylation is 1. The summed E-state index contributed by atoms with van der Waals surface area (Å²) in [6.07, 6.45) is 0.830. The average Bonchev–Trinajstić information content (AvgIpc) is 2.70. The van der Waals surface area contributed by atoms with Gasteiger partial charge in [-0.05, 0) is 57.0 Å². The normalized spacial score (nSPS) is 12.7. The van der Waals surface area contributed by atoms with E-state index in [0.29, 0.717) is 12.3 Å². The number of hydrogen-bond acceptors (Lipinski definition) is 3. The molecule has 0 bridgehead atoms. The fourth-order valence-electron chi connectivity index (χ4n) is 2.81. The molecule has 0 radical (unpaired) electrons. The van der Waals surface area contributed by atoms with E-state index in [4.69, 9.17) is 4.74 Å². The van der Waals surface area contributed by atoms with Crippen LogP contribution in [0.4, 0.5) is 0 Å². The fraction of sp³-hybridized carbons (Fsp3) is 0.391. The lowest BCUT2D eigenvalue weighted by atomic mass is 10.1. The van der Waals surface area contributed by atoms with Crippen molar-refractivity contribution in [2.75, 3.05) is 6.61 Å². The smallest absolute Gasteiger partial charge is 0.261 e. The van der Waals surface area contributed by atoms with Gasteiger partial charge in [-0.15, -0.1) is 0 Å². The second-order valence-electron chi connectivity index (χ2n) is 7.25. The van der Waals surface area contributed by atoms with Crippen molar-refractivity contribution in [1.29, 1.82) is 0 Å². The first-order valence-corrected chi connectivity index (χ1v) is 10.6. The van der Waals surface area contributed by atoms with Gasteiger partial charge in [0.1, 0.15) is 11.8 Å². The Labute approximate surface area is 181 Å². The van der Waals surface area contributed by atoms with Crippen LogP contribution in [0, 0.1) is 6.92 Å². The molecule has 29 heavy (non-hydrogen) atoms. The molecule has 6 heteroatoms. The van der Waals surface area contributed by atoms with Crippen LogP contribution in [0.5, 0.6) is 5.75 Å². The van der Waals surface area contributed by atoms with Gasteiger partial charge in [0.05, 0.1) is 0 Å². The molecule has 0 unspecified atom stereocenters. The van der Waals surface area contributed by atoms with E-state index in [1.165, 1.54) is 0 Å². The predicted molar refractivity (Wildman–Crippen MR) is 119 cm³/mol. The van der Waals surface area contributed by atoms with Gasteiger partial charge >= 0.3 is 0 Å². The maximum absolute atomic E-state index is 13.0. The van der Waals surface area contributed by atoms with Gasteiger partial charge in [-0.2, -0.15) is 0 Å². The van der Waals surface area contributed by atoms with E-state index in [1.54, 1.807) is 24.0 Å². The lowest BCUT2D eigenvalue weighted by Gasteiger charge is -2.29. The summed E-state index contributed by atoms with van der Waals surface area (Å²) in [7, 11) is 0. The fourth-order valence-corrected chi connectivity index (χ4v) is 3.08. The van der Waals surface area contributed by atoms with E-state index in [0.717, 1.165) is 22.0 Å². The molecule has 0 aliphatic carbocycles. The molecule has 5 nitrogen and oxygen atoms in total. The maximum Gasteiger partial charge on any atom is 0.261 e. The van der Waals surface area contributed by atoms with Gasteiger partial charge in [-0.1, -0.05) is 52.7 Å². The van der Waals surface area contributed by atoms with Crippen molar-refractivity contribution in [3.8, 4) is 5.75 Å². The number of carbonyl (C=O) groups excluding carboxylic acids is 2. The monoisotopic (exact) mass is 460 g/mol. The number of amides is 2. The van der Waals surface area contributed by atoms with E-state index in [-0.39, 0.29) is 24.5 Å². The molecule has 156 valence electrons. The Balaban J connectivity index is 2.14. The number of ether oxygens (including phenoxy) is 1. The van der Waals surface area contributed by atoms with E-state index < -0.39 is 6.04 Å². The number of nitrogens with zero attached hydrogens (tertiary/aromatic N) is 1. The molecule has 0 fully saturated rings. The van der Waals surface area contributed by atoms with E-state index >= 15 is 0 Å². The summed E-state index contributed by atoms with van der Waals surface area (Å²) < 4.78 is 6.59. The van der Waals surface area contributed by atoms with Crippen LogP contribution in [-0.2, 0) is 16.1 Å². The third kappa shape index (κ3) is 7.20. The summed E-state index contributed by atoms with van der Waals surface area (Å²) >= 11 is 3.38. The van der Waals surface area contributed by atoms with Gasteiger partial charge in [-0.3, -0.25) is 9.59 Å². The first-order valence-electron chi connectivity index (χ1n) is 9.84. The Kier molecular flexibility index (Phi) is 8.70. The number of halogens is 1. The van der Waals surface area contributed by atoms with E-state index in [1.807, 2.05) is 57.2 Å². The number of nitrogens with one attached hydrogen (secondary N) is 1. The molecule has 0 saturated carbocycles. The van der Waals surface area contributed by atoms with Gasteiger partial charge in [0, 0.05) is 17.1 Å². The van der Waals surface area contributed by atoms with Crippen LogP contribution in [0.1, 0.15) is 38.3 Å². The van der Waals surface area contributed by atoms with Crippen LogP contribution < -0.4 is 10.1 Å². The highest BCUT2D eigenvalue weighted by Gasteiger charge is 2.27. The zero-order valence-electron chi connectivity index (χ0n) is 17.4. The minimum Gasteiger partial charge on any atom is -0.484 e. The highest BCUT2D eigenvalue weighted by molar-refractivity contribution is 9.10. The van der Waals surface area contributed by atoms with Crippen molar-refractivity contribution < 1.29 is 14.3 Å². The minimum atomic E-state index is -0.606. The average molecular weight is 461 g/mol. The van der Waals surface area contributed by atoms with E-state index in [9.17, 15) is 9.59 Å². The second-order valence-corrected chi connectivity index (χ2v) is 8.16. The van der Waals surface area contributed by atoms with Crippen LogP contribution in [0.25, 0.3) is 0 Å². The van der Waals surface area contributed by atoms with Crippen LogP contribution in [0.3, 0.4) is 0 Å². The van der Waals surface area contributed by atoms with Crippen molar-refractivity contribution in [2.45, 2.75) is 52.7 Å². The van der Waals surface area contributed by atoms with Crippen LogP contribution in [0.15, 0.2) is 53.0 Å². The number of rotatable bonds is 9. The zero-order valence-corrected chi connectivity index (χ0v) is 19.0. The minimum absolute atomic E-state index is 0.0555. The molecule has 2 atom stereocenters. The van der Waals surface area contributed by atoms with Gasteiger partial charge in [-0.25, -0.2) is 0 Å². The number of carbonyl (C=O) groups is 2. The highest BCUT2D eigenvalue weighted by atomic mass is 79.9. The molecule has 0 spiro atoms. The first kappa shape index (κ1) is 22.9. The Morgan fingerprint density at radius 3 is 2.45 bits per heavy atom. The molecule has 0 aliphatic rings. The van der Waals surface area contributed by atoms with Crippen LogP contribution in [0.2, 0.25) is 0 Å². The van der Waals surface area contributed by atoms with Crippen LogP contribution >= 0.6 is 15.9 Å². The van der Waals surface area contributed by atoms with Crippen molar-refractivity contribution in [1.82, 2.24) is 10.2 Å². The summed E-state index contributed by atoms with van der Waals surface area (Å²) in [5.41, 5.74) is 2.09. The van der Waals surface area contributed by atoms with E-state index in [2.05, 4.69) is 21.2 Å². The summed E-state index contributed by atoms with van der Waals surface area (Å²) in [5, 5.41) is 2.96. The molecule has 0 aromatic heterocycles. The number of hydrogen-bond donors (Lipinski definition) is 1. The summed E-state index contributed by atoms with van der Waals surface area (Å²) in [6.45, 7) is 7.94. The third-order valence-corrected chi connectivity index (χ3v) is 5.31. The lowest BCUT2D eigenvalue weighted by molar-refractivity contribution is -0.142. The second kappa shape index (κ2) is 11.0. The molecule has 2 amide bonds. The predicted octanol–water partition coefficient (Wildman–Crippen LogP) is 4.47. The maximum atomic E-state index is 13.0. The summed E-state index contributed by atoms with van der Waals surface area (Å²) in [4.78, 5) is 27.2. The Bertz CT molecular complexity index is 823. The highest BCUT2D eigenvalue weighted by Crippen LogP contribution is 2.17. The SMILES string of the molecule is CC[C@@H](C)NC(=O)[C@H](C)N(Cc1cccc(C)c1)C(=O)COc1ccc(Br)cc1. The summed E-state index contributed by atoms with van der Waals surface area (Å²) in [6, 6.07) is 14.7.